The van der Waals surface area contributed by atoms with Crippen molar-refractivity contribution in [1.29, 1.82) is 0 Å². The number of benzene rings is 2. The number of aliphatic hydroxyl groups excluding tert-OH is 1. The Balaban J connectivity index is 1.59. The number of nitrogens with zero attached hydrogens (tertiary/aromatic N) is 1. The molecule has 1 aliphatic heterocycles. The molecule has 1 fully saturated rings. The fourth-order valence-electron chi connectivity index (χ4n) is 3.18. The highest BCUT2D eigenvalue weighted by atomic mass is 19.1. The topological polar surface area (TPSA) is 78.9 Å². The summed E-state index contributed by atoms with van der Waals surface area (Å²) in [6.07, 6.45) is 0.640. The van der Waals surface area contributed by atoms with Crippen molar-refractivity contribution in [2.75, 3.05) is 11.9 Å². The van der Waals surface area contributed by atoms with E-state index in [4.69, 9.17) is 4.74 Å². The van der Waals surface area contributed by atoms with Gasteiger partial charge in [0.05, 0.1) is 12.5 Å². The zero-order valence-electron chi connectivity index (χ0n) is 15.6. The van der Waals surface area contributed by atoms with Crippen LogP contribution >= 0.6 is 0 Å². The van der Waals surface area contributed by atoms with Crippen molar-refractivity contribution in [2.45, 2.75) is 38.3 Å². The molecule has 0 radical (unpaired) electrons. The van der Waals surface area contributed by atoms with Crippen molar-refractivity contribution >= 4 is 17.5 Å². The third kappa shape index (κ3) is 5.07. The summed E-state index contributed by atoms with van der Waals surface area (Å²) < 4.78 is 18.6. The highest BCUT2D eigenvalue weighted by Crippen LogP contribution is 2.24. The van der Waals surface area contributed by atoms with Gasteiger partial charge in [-0.3, -0.25) is 9.59 Å². The molecule has 2 aromatic carbocycles. The van der Waals surface area contributed by atoms with E-state index in [-0.39, 0.29) is 24.1 Å². The average Bonchev–Trinajstić information content (AvgIpc) is 3.15. The van der Waals surface area contributed by atoms with Gasteiger partial charge < -0.3 is 20.1 Å². The lowest BCUT2D eigenvalue weighted by molar-refractivity contribution is -0.138. The fourth-order valence-corrected chi connectivity index (χ4v) is 3.18. The Morgan fingerprint density at radius 3 is 2.39 bits per heavy atom. The molecular weight excluding hydrogens is 363 g/mol. The number of hydrogen-bond donors (Lipinski definition) is 2. The van der Waals surface area contributed by atoms with Gasteiger partial charge in [-0.05, 0) is 68.3 Å². The lowest BCUT2D eigenvalue weighted by atomic mass is 10.1. The standard InChI is InChI=1S/C21H23FN2O4/c1-14(25)13-20(26)24-12-2-3-19(24)21(27)23-16-6-10-18(11-7-16)28-17-8-4-15(22)5-9-17/h4-11,14,19,25H,2-3,12-13H2,1H3,(H,23,27). The van der Waals surface area contributed by atoms with Crippen LogP contribution < -0.4 is 10.1 Å². The molecule has 3 rings (SSSR count). The number of nitrogens with one attached hydrogen (secondary N) is 1. The first kappa shape index (κ1) is 19.8. The van der Waals surface area contributed by atoms with Crippen molar-refractivity contribution < 1.29 is 23.8 Å². The van der Waals surface area contributed by atoms with Crippen LogP contribution in [0, 0.1) is 5.82 Å². The summed E-state index contributed by atoms with van der Waals surface area (Å²) in [7, 11) is 0. The van der Waals surface area contributed by atoms with Gasteiger partial charge >= 0.3 is 0 Å². The van der Waals surface area contributed by atoms with Crippen LogP contribution in [0.1, 0.15) is 26.2 Å². The fraction of sp³-hybridized carbons (Fsp3) is 0.333. The van der Waals surface area contributed by atoms with E-state index in [1.165, 1.54) is 29.2 Å². The molecule has 1 saturated heterocycles. The lowest BCUT2D eigenvalue weighted by Gasteiger charge is -2.24. The Kier molecular flexibility index (Phi) is 6.26. The number of carbonyl (C=O) groups excluding carboxylic acids is 2. The molecular formula is C21H23FN2O4. The Morgan fingerprint density at radius 1 is 1.18 bits per heavy atom. The van der Waals surface area contributed by atoms with Gasteiger partial charge in [0.15, 0.2) is 0 Å². The Labute approximate surface area is 162 Å². The molecule has 7 heteroatoms. The molecule has 0 spiro atoms. The van der Waals surface area contributed by atoms with Crippen LogP contribution in [0.2, 0.25) is 0 Å². The average molecular weight is 386 g/mol. The number of likely N-dealkylation sites (tertiary alicyclic amines) is 1. The van der Waals surface area contributed by atoms with Gasteiger partial charge in [0.1, 0.15) is 23.4 Å². The maximum absolute atomic E-state index is 12.9. The first-order valence-corrected chi connectivity index (χ1v) is 9.24. The molecule has 0 aliphatic carbocycles. The number of anilines is 1. The van der Waals surface area contributed by atoms with Crippen LogP contribution in [0.25, 0.3) is 0 Å². The van der Waals surface area contributed by atoms with Gasteiger partial charge in [-0.25, -0.2) is 4.39 Å². The third-order valence-electron chi connectivity index (χ3n) is 4.52. The second-order valence-electron chi connectivity index (χ2n) is 6.87. The third-order valence-corrected chi connectivity index (χ3v) is 4.52. The number of aliphatic hydroxyl groups is 1. The van der Waals surface area contributed by atoms with E-state index in [9.17, 15) is 19.1 Å². The summed E-state index contributed by atoms with van der Waals surface area (Å²) in [6, 6.07) is 12.0. The Bertz CT molecular complexity index is 821. The molecule has 2 atom stereocenters. The molecule has 2 unspecified atom stereocenters. The van der Waals surface area contributed by atoms with E-state index in [1.54, 1.807) is 31.2 Å². The second kappa shape index (κ2) is 8.84. The van der Waals surface area contributed by atoms with Crippen molar-refractivity contribution in [3.63, 3.8) is 0 Å². The number of amides is 2. The van der Waals surface area contributed by atoms with Crippen LogP contribution in [-0.2, 0) is 9.59 Å². The largest absolute Gasteiger partial charge is 0.457 e. The van der Waals surface area contributed by atoms with Gasteiger partial charge in [0.2, 0.25) is 11.8 Å². The molecule has 0 bridgehead atoms. The second-order valence-corrected chi connectivity index (χ2v) is 6.87. The molecule has 28 heavy (non-hydrogen) atoms. The first-order valence-electron chi connectivity index (χ1n) is 9.24. The van der Waals surface area contributed by atoms with E-state index in [0.717, 1.165) is 6.42 Å². The zero-order valence-corrected chi connectivity index (χ0v) is 15.6. The minimum absolute atomic E-state index is 0.0131. The molecule has 148 valence electrons. The molecule has 0 aromatic heterocycles. The predicted molar refractivity (Wildman–Crippen MR) is 103 cm³/mol. The number of rotatable bonds is 6. The summed E-state index contributed by atoms with van der Waals surface area (Å²) in [6.45, 7) is 2.08. The van der Waals surface area contributed by atoms with Crippen molar-refractivity contribution in [2.24, 2.45) is 0 Å². The molecule has 1 aliphatic rings. The van der Waals surface area contributed by atoms with Gasteiger partial charge in [0, 0.05) is 12.2 Å². The summed E-state index contributed by atoms with van der Waals surface area (Å²) in [5, 5.41) is 12.2. The normalized spacial score (nSPS) is 17.2. The SMILES string of the molecule is CC(O)CC(=O)N1CCCC1C(=O)Nc1ccc(Oc2ccc(F)cc2)cc1. The highest BCUT2D eigenvalue weighted by molar-refractivity contribution is 5.97. The van der Waals surface area contributed by atoms with Crippen molar-refractivity contribution in [1.82, 2.24) is 4.90 Å². The number of carbonyl (C=O) groups is 2. The Hall–Kier alpha value is -2.93. The van der Waals surface area contributed by atoms with Gasteiger partial charge in [-0.15, -0.1) is 0 Å². The van der Waals surface area contributed by atoms with Crippen LogP contribution in [0.3, 0.4) is 0 Å². The van der Waals surface area contributed by atoms with E-state index in [0.29, 0.717) is 30.2 Å². The van der Waals surface area contributed by atoms with Crippen LogP contribution in [0.5, 0.6) is 11.5 Å². The monoisotopic (exact) mass is 386 g/mol. The van der Waals surface area contributed by atoms with Gasteiger partial charge in [-0.2, -0.15) is 0 Å². The van der Waals surface area contributed by atoms with Crippen molar-refractivity contribution in [3.05, 3.63) is 54.3 Å². The van der Waals surface area contributed by atoms with E-state index in [2.05, 4.69) is 5.32 Å². The van der Waals surface area contributed by atoms with Gasteiger partial charge in [0.25, 0.3) is 0 Å². The quantitative estimate of drug-likeness (QED) is 0.798. The number of ether oxygens (including phenoxy) is 1. The zero-order chi connectivity index (χ0) is 20.1. The van der Waals surface area contributed by atoms with Crippen LogP contribution in [0.4, 0.5) is 10.1 Å². The Morgan fingerprint density at radius 2 is 1.79 bits per heavy atom. The smallest absolute Gasteiger partial charge is 0.247 e. The van der Waals surface area contributed by atoms with E-state index >= 15 is 0 Å². The summed E-state index contributed by atoms with van der Waals surface area (Å²) >= 11 is 0. The molecule has 2 amide bonds. The highest BCUT2D eigenvalue weighted by Gasteiger charge is 2.34. The summed E-state index contributed by atoms with van der Waals surface area (Å²) in [5.74, 6) is 0.272. The van der Waals surface area contributed by atoms with Crippen LogP contribution in [0.15, 0.2) is 48.5 Å². The molecule has 2 aromatic rings. The minimum Gasteiger partial charge on any atom is -0.457 e. The predicted octanol–water partition coefficient (Wildman–Crippen LogP) is 3.32. The molecule has 6 nitrogen and oxygen atoms in total. The number of hydrogen-bond acceptors (Lipinski definition) is 4. The van der Waals surface area contributed by atoms with E-state index < -0.39 is 12.1 Å². The molecule has 1 heterocycles. The molecule has 2 N–H and O–H groups in total. The first-order chi connectivity index (χ1) is 13.4. The van der Waals surface area contributed by atoms with E-state index in [1.807, 2.05) is 0 Å². The van der Waals surface area contributed by atoms with Crippen LogP contribution in [-0.4, -0.2) is 40.5 Å². The van der Waals surface area contributed by atoms with Crippen molar-refractivity contribution in [3.8, 4) is 11.5 Å². The maximum atomic E-state index is 12.9. The van der Waals surface area contributed by atoms with Gasteiger partial charge in [-0.1, -0.05) is 0 Å². The lowest BCUT2D eigenvalue weighted by Crippen LogP contribution is -2.43. The summed E-state index contributed by atoms with van der Waals surface area (Å²) in [5.41, 5.74) is 0.589. The summed E-state index contributed by atoms with van der Waals surface area (Å²) in [4.78, 5) is 26.3. The number of halogens is 1. The minimum atomic E-state index is -0.731. The molecule has 0 saturated carbocycles. The maximum Gasteiger partial charge on any atom is 0.247 e.